The van der Waals surface area contributed by atoms with Crippen molar-refractivity contribution >= 4 is 46.2 Å². The molecule has 0 spiro atoms. The summed E-state index contributed by atoms with van der Waals surface area (Å²) in [6, 6.07) is 3.68. The number of aromatic nitrogens is 6. The molecule has 0 bridgehead atoms. The first kappa shape index (κ1) is 39.6. The van der Waals surface area contributed by atoms with Gasteiger partial charge in [0.2, 0.25) is 11.8 Å². The van der Waals surface area contributed by atoms with E-state index in [0.29, 0.717) is 58.8 Å². The number of nitrogens with zero attached hydrogens (tertiary/aromatic N) is 7. The lowest BCUT2D eigenvalue weighted by Gasteiger charge is -2.32. The quantitative estimate of drug-likeness (QED) is 0.193. The number of fused-ring (bicyclic) bond motifs is 2. The number of amides is 2. The average molecular weight is 802 g/mol. The van der Waals surface area contributed by atoms with E-state index in [1.807, 2.05) is 24.3 Å². The van der Waals surface area contributed by atoms with Gasteiger partial charge in [-0.25, -0.2) is 28.7 Å². The molecule has 8 rings (SSSR count). The average Bonchev–Trinajstić information content (AvgIpc) is 3.81. The highest BCUT2D eigenvalue weighted by atomic mass is 35.5. The van der Waals surface area contributed by atoms with Crippen LogP contribution in [0, 0.1) is 35.3 Å². The van der Waals surface area contributed by atoms with Gasteiger partial charge in [0.1, 0.15) is 0 Å². The number of primary amides is 1. The number of halogens is 4. The van der Waals surface area contributed by atoms with Gasteiger partial charge in [-0.3, -0.25) is 19.6 Å². The molecule has 0 aliphatic heterocycles. The second-order valence-electron chi connectivity index (χ2n) is 15.3. The van der Waals surface area contributed by atoms with E-state index < -0.39 is 11.6 Å². The van der Waals surface area contributed by atoms with Crippen LogP contribution in [-0.2, 0) is 35.3 Å². The molecule has 4 heterocycles. The zero-order valence-electron chi connectivity index (χ0n) is 31.4. The van der Waals surface area contributed by atoms with Crippen molar-refractivity contribution in [2.24, 2.45) is 29.4 Å². The summed E-state index contributed by atoms with van der Waals surface area (Å²) >= 11 is 12.2. The molecule has 4 aromatic heterocycles. The number of pyridine rings is 2. The van der Waals surface area contributed by atoms with E-state index in [1.54, 1.807) is 31.4 Å². The fraction of sp³-hybridized carbons (Fsp3) is 0.429. The molecular formula is C42H44Cl2F2N8O2. The largest absolute Gasteiger partial charge is 0.369 e. The summed E-state index contributed by atoms with van der Waals surface area (Å²) in [7, 11) is 3.56. The van der Waals surface area contributed by atoms with Gasteiger partial charge in [0.25, 0.3) is 0 Å². The minimum Gasteiger partial charge on any atom is -0.369 e. The number of carbonyl (C=O) groups is 2. The van der Waals surface area contributed by atoms with Crippen molar-refractivity contribution in [2.45, 2.75) is 77.0 Å². The van der Waals surface area contributed by atoms with Crippen molar-refractivity contribution in [3.05, 3.63) is 116 Å². The number of rotatable bonds is 8. The molecule has 0 unspecified atom stereocenters. The van der Waals surface area contributed by atoms with Gasteiger partial charge in [-0.05, 0) is 62.5 Å². The van der Waals surface area contributed by atoms with Crippen LogP contribution in [0.5, 0.6) is 0 Å². The monoisotopic (exact) mass is 800 g/mol. The Morgan fingerprint density at radius 1 is 0.696 bits per heavy atom. The zero-order valence-corrected chi connectivity index (χ0v) is 33.0. The molecule has 4 aliphatic carbocycles. The number of hydrogen-bond acceptors (Lipinski definition) is 8. The Kier molecular flexibility index (Phi) is 12.2. The molecule has 2 saturated carbocycles. The highest BCUT2D eigenvalue weighted by molar-refractivity contribution is 6.31. The summed E-state index contributed by atoms with van der Waals surface area (Å²) in [4.78, 5) is 52.1. The van der Waals surface area contributed by atoms with E-state index >= 15 is 0 Å². The first-order chi connectivity index (χ1) is 27.0. The van der Waals surface area contributed by atoms with Crippen LogP contribution in [0.1, 0.15) is 96.9 Å². The molecule has 292 valence electrons. The SMILES string of the molecule is CN(C)C(=O)[C@H]1CCCC[C@@H]1Cc1nc(C2=CCc3ncc(Cl)cc32)ncc1F.NC(=O)[C@H]1CCCC[C@@H]1Cc1nc(C2=CCc3ncc(Cl)cc32)ncc1F. The molecule has 10 nitrogen and oxygen atoms in total. The highest BCUT2D eigenvalue weighted by Gasteiger charge is 2.34. The van der Waals surface area contributed by atoms with Crippen molar-refractivity contribution in [2.75, 3.05) is 14.1 Å². The molecule has 0 saturated heterocycles. The van der Waals surface area contributed by atoms with Crippen molar-refractivity contribution in [1.82, 2.24) is 34.8 Å². The van der Waals surface area contributed by atoms with Gasteiger partial charge in [-0.15, -0.1) is 0 Å². The lowest BCUT2D eigenvalue weighted by Crippen LogP contribution is -2.37. The van der Waals surface area contributed by atoms with E-state index in [1.165, 1.54) is 12.4 Å². The molecule has 56 heavy (non-hydrogen) atoms. The molecular weight excluding hydrogens is 757 g/mol. The van der Waals surface area contributed by atoms with Gasteiger partial charge < -0.3 is 10.6 Å². The second kappa shape index (κ2) is 17.2. The minimum absolute atomic E-state index is 0.0226. The molecule has 0 aromatic carbocycles. The van der Waals surface area contributed by atoms with Gasteiger partial charge in [-0.1, -0.05) is 61.0 Å². The number of hydrogen-bond donors (Lipinski definition) is 1. The van der Waals surface area contributed by atoms with Gasteiger partial charge in [0.15, 0.2) is 23.3 Å². The van der Waals surface area contributed by atoms with Crippen LogP contribution in [-0.4, -0.2) is 60.7 Å². The maximum atomic E-state index is 14.6. The standard InChI is InChI=1S/C22H24ClFN4O.C20H20ClFN4O/c1-28(2)22(29)15-6-4-3-5-13(15)9-20-18(24)12-26-21(27-20)16-7-8-19-17(16)10-14(23)11-25-19;21-12-8-15-14(5-6-17(15)24-9-12)20-25-10-16(22)18(26-20)7-11-3-1-2-4-13(11)19(23)27/h7,10-13,15H,3-6,8-9H2,1-2H3;5,8-11,13H,1-4,6-7H2,(H2,23,27)/t13-,15+;11-,13+/m11/s1. The van der Waals surface area contributed by atoms with Crippen molar-refractivity contribution in [3.63, 3.8) is 0 Å². The molecule has 4 atom stereocenters. The van der Waals surface area contributed by atoms with Crippen LogP contribution in [0.25, 0.3) is 11.1 Å². The number of carbonyl (C=O) groups excluding carboxylic acids is 2. The fourth-order valence-electron chi connectivity index (χ4n) is 8.55. The zero-order chi connectivity index (χ0) is 39.5. The van der Waals surface area contributed by atoms with Crippen molar-refractivity contribution < 1.29 is 18.4 Å². The van der Waals surface area contributed by atoms with E-state index in [4.69, 9.17) is 28.9 Å². The maximum absolute atomic E-state index is 14.6. The van der Waals surface area contributed by atoms with Crippen LogP contribution in [0.15, 0.2) is 49.1 Å². The smallest absolute Gasteiger partial charge is 0.225 e. The summed E-state index contributed by atoms with van der Waals surface area (Å²) in [5, 5.41) is 1.08. The van der Waals surface area contributed by atoms with E-state index in [-0.39, 0.29) is 35.5 Å². The number of allylic oxidation sites excluding steroid dienone is 2. The molecule has 2 amide bonds. The van der Waals surface area contributed by atoms with Crippen LogP contribution >= 0.6 is 23.2 Å². The lowest BCUT2D eigenvalue weighted by atomic mass is 9.76. The molecule has 14 heteroatoms. The maximum Gasteiger partial charge on any atom is 0.225 e. The summed E-state index contributed by atoms with van der Waals surface area (Å²) in [6.45, 7) is 0. The van der Waals surface area contributed by atoms with E-state index in [9.17, 15) is 18.4 Å². The Hall–Kier alpha value is -4.68. The molecule has 2 N–H and O–H groups in total. The third-order valence-corrected chi connectivity index (χ3v) is 11.8. The Bertz CT molecular complexity index is 2210. The summed E-state index contributed by atoms with van der Waals surface area (Å²) in [6.07, 6.45) is 19.3. The van der Waals surface area contributed by atoms with E-state index in [2.05, 4.69) is 29.9 Å². The molecule has 4 aliphatic rings. The third-order valence-electron chi connectivity index (χ3n) is 11.4. The summed E-state index contributed by atoms with van der Waals surface area (Å²) < 4.78 is 29.0. The van der Waals surface area contributed by atoms with Gasteiger partial charge >= 0.3 is 0 Å². The van der Waals surface area contributed by atoms with Gasteiger partial charge in [0, 0.05) is 73.4 Å². The Labute approximate surface area is 335 Å². The third kappa shape index (κ3) is 8.66. The molecule has 4 aromatic rings. The highest BCUT2D eigenvalue weighted by Crippen LogP contribution is 2.37. The van der Waals surface area contributed by atoms with Gasteiger partial charge in [-0.2, -0.15) is 0 Å². The number of nitrogens with two attached hydrogens (primary N) is 1. The topological polar surface area (TPSA) is 141 Å². The second-order valence-corrected chi connectivity index (χ2v) is 16.1. The first-order valence-electron chi connectivity index (χ1n) is 19.2. The molecule has 2 fully saturated rings. The van der Waals surface area contributed by atoms with E-state index in [0.717, 1.165) is 85.0 Å². The fourth-order valence-corrected chi connectivity index (χ4v) is 8.87. The Balaban J connectivity index is 0.000000172. The van der Waals surface area contributed by atoms with Crippen LogP contribution in [0.2, 0.25) is 10.0 Å². The molecule has 0 radical (unpaired) electrons. The predicted molar refractivity (Wildman–Crippen MR) is 210 cm³/mol. The first-order valence-corrected chi connectivity index (χ1v) is 20.0. The Morgan fingerprint density at radius 2 is 1.14 bits per heavy atom. The predicted octanol–water partition coefficient (Wildman–Crippen LogP) is 7.58. The van der Waals surface area contributed by atoms with Crippen LogP contribution in [0.4, 0.5) is 8.78 Å². The minimum atomic E-state index is -0.449. The van der Waals surface area contributed by atoms with Crippen LogP contribution in [0.3, 0.4) is 0 Å². The van der Waals surface area contributed by atoms with Crippen molar-refractivity contribution in [3.8, 4) is 0 Å². The lowest BCUT2D eigenvalue weighted by molar-refractivity contribution is -0.136. The normalized spacial score (nSPS) is 21.2. The van der Waals surface area contributed by atoms with Crippen molar-refractivity contribution in [1.29, 1.82) is 0 Å². The Morgan fingerprint density at radius 3 is 1.61 bits per heavy atom. The van der Waals surface area contributed by atoms with Gasteiger partial charge in [0.05, 0.1) is 45.2 Å². The van der Waals surface area contributed by atoms with Crippen LogP contribution < -0.4 is 5.73 Å². The summed E-state index contributed by atoms with van der Waals surface area (Å²) in [5.74, 6) is -0.284. The summed E-state index contributed by atoms with van der Waals surface area (Å²) in [5.41, 5.74) is 11.5.